The lowest BCUT2D eigenvalue weighted by molar-refractivity contribution is 0.0589. The summed E-state index contributed by atoms with van der Waals surface area (Å²) in [6.07, 6.45) is -2.82. The van der Waals surface area contributed by atoms with Crippen LogP contribution in [0.2, 0.25) is 0 Å². The first kappa shape index (κ1) is 12.1. The van der Waals surface area contributed by atoms with E-state index < -0.39 is 18.0 Å². The van der Waals surface area contributed by atoms with Crippen LogP contribution in [0.1, 0.15) is 33.5 Å². The highest BCUT2D eigenvalue weighted by Gasteiger charge is 2.20. The van der Waals surface area contributed by atoms with Gasteiger partial charge in [0.1, 0.15) is 0 Å². The Kier molecular flexibility index (Phi) is 3.56. The van der Waals surface area contributed by atoms with Crippen molar-refractivity contribution in [1.82, 2.24) is 0 Å². The molecule has 0 fully saturated rings. The summed E-state index contributed by atoms with van der Waals surface area (Å²) < 4.78 is 29.7. The lowest BCUT2D eigenvalue weighted by Crippen LogP contribution is -2.07. The van der Waals surface area contributed by atoms with Crippen molar-refractivity contribution >= 4 is 5.97 Å². The van der Waals surface area contributed by atoms with Gasteiger partial charge < -0.3 is 4.74 Å². The van der Waals surface area contributed by atoms with Crippen molar-refractivity contribution < 1.29 is 18.3 Å². The number of aryl methyl sites for hydroxylation is 1. The van der Waals surface area contributed by atoms with Crippen LogP contribution in [0.5, 0.6) is 0 Å². The molecule has 0 bridgehead atoms. The van der Waals surface area contributed by atoms with Crippen LogP contribution in [0.4, 0.5) is 8.78 Å². The van der Waals surface area contributed by atoms with Crippen molar-refractivity contribution in [3.8, 4) is 6.07 Å². The van der Waals surface area contributed by atoms with Crippen molar-refractivity contribution in [3.63, 3.8) is 0 Å². The maximum absolute atomic E-state index is 12.7. The average molecular weight is 225 g/mol. The minimum absolute atomic E-state index is 0.128. The molecular formula is C11H9F2NO2. The standard InChI is InChI=1S/C11H9F2NO2/c1-6-3-9(11(15)16-2)8(10(12)13)4-7(6)5-14/h3-4,10H,1-2H3. The van der Waals surface area contributed by atoms with Gasteiger partial charge in [-0.1, -0.05) is 0 Å². The first-order chi connectivity index (χ1) is 7.51. The van der Waals surface area contributed by atoms with Gasteiger partial charge in [0.05, 0.1) is 24.3 Å². The second-order valence-electron chi connectivity index (χ2n) is 3.16. The average Bonchev–Trinajstić information content (AvgIpc) is 2.27. The van der Waals surface area contributed by atoms with E-state index in [1.807, 2.05) is 0 Å². The fourth-order valence-electron chi connectivity index (χ4n) is 1.31. The first-order valence-electron chi connectivity index (χ1n) is 4.42. The van der Waals surface area contributed by atoms with Gasteiger partial charge in [-0.25, -0.2) is 13.6 Å². The number of alkyl halides is 2. The zero-order chi connectivity index (χ0) is 12.3. The SMILES string of the molecule is COC(=O)c1cc(C)c(C#N)cc1C(F)F. The van der Waals surface area contributed by atoms with E-state index in [-0.39, 0.29) is 11.1 Å². The van der Waals surface area contributed by atoms with Gasteiger partial charge in [0, 0.05) is 5.56 Å². The molecule has 0 heterocycles. The van der Waals surface area contributed by atoms with Gasteiger partial charge in [-0.3, -0.25) is 0 Å². The number of nitrogens with zero attached hydrogens (tertiary/aromatic N) is 1. The normalized spacial score (nSPS) is 10.0. The van der Waals surface area contributed by atoms with Crippen molar-refractivity contribution in [3.05, 3.63) is 34.4 Å². The van der Waals surface area contributed by atoms with Gasteiger partial charge in [-0.05, 0) is 24.6 Å². The number of nitriles is 1. The molecule has 0 N–H and O–H groups in total. The Morgan fingerprint density at radius 3 is 2.56 bits per heavy atom. The Labute approximate surface area is 91.3 Å². The van der Waals surface area contributed by atoms with E-state index >= 15 is 0 Å². The summed E-state index contributed by atoms with van der Waals surface area (Å²) in [6, 6.07) is 4.05. The van der Waals surface area contributed by atoms with E-state index in [9.17, 15) is 13.6 Å². The smallest absolute Gasteiger partial charge is 0.338 e. The fraction of sp³-hybridized carbons (Fsp3) is 0.273. The van der Waals surface area contributed by atoms with Crippen molar-refractivity contribution in [2.24, 2.45) is 0 Å². The van der Waals surface area contributed by atoms with Crippen LogP contribution < -0.4 is 0 Å². The van der Waals surface area contributed by atoms with E-state index in [2.05, 4.69) is 4.74 Å². The minimum atomic E-state index is -2.82. The van der Waals surface area contributed by atoms with E-state index in [4.69, 9.17) is 5.26 Å². The second kappa shape index (κ2) is 4.71. The summed E-state index contributed by atoms with van der Waals surface area (Å²) in [4.78, 5) is 11.3. The van der Waals surface area contributed by atoms with E-state index in [1.165, 1.54) is 6.07 Å². The molecule has 0 radical (unpaired) electrons. The Morgan fingerprint density at radius 2 is 2.12 bits per heavy atom. The third-order valence-electron chi connectivity index (χ3n) is 2.16. The molecule has 0 saturated heterocycles. The van der Waals surface area contributed by atoms with Crippen molar-refractivity contribution in [2.75, 3.05) is 7.11 Å². The topological polar surface area (TPSA) is 50.1 Å². The minimum Gasteiger partial charge on any atom is -0.465 e. The maximum Gasteiger partial charge on any atom is 0.338 e. The van der Waals surface area contributed by atoms with Crippen LogP contribution in [0.25, 0.3) is 0 Å². The van der Waals surface area contributed by atoms with Crippen molar-refractivity contribution in [1.29, 1.82) is 5.26 Å². The van der Waals surface area contributed by atoms with Gasteiger partial charge in [0.25, 0.3) is 6.43 Å². The highest BCUT2D eigenvalue weighted by molar-refractivity contribution is 5.91. The number of methoxy groups -OCH3 is 1. The van der Waals surface area contributed by atoms with Gasteiger partial charge in [-0.2, -0.15) is 5.26 Å². The van der Waals surface area contributed by atoms with Crippen LogP contribution in [-0.2, 0) is 4.74 Å². The quantitative estimate of drug-likeness (QED) is 0.727. The number of ether oxygens (including phenoxy) is 1. The molecule has 84 valence electrons. The second-order valence-corrected chi connectivity index (χ2v) is 3.16. The van der Waals surface area contributed by atoms with Gasteiger partial charge in [0.15, 0.2) is 0 Å². The zero-order valence-corrected chi connectivity index (χ0v) is 8.75. The molecule has 0 amide bonds. The number of rotatable bonds is 2. The Bertz CT molecular complexity index is 464. The first-order valence-corrected chi connectivity index (χ1v) is 4.42. The summed E-state index contributed by atoms with van der Waals surface area (Å²) in [5.74, 6) is -0.831. The molecule has 0 aliphatic rings. The number of carbonyl (C=O) groups is 1. The lowest BCUT2D eigenvalue weighted by Gasteiger charge is -2.09. The molecule has 0 spiro atoms. The van der Waals surface area contributed by atoms with Crippen molar-refractivity contribution in [2.45, 2.75) is 13.3 Å². The summed E-state index contributed by atoms with van der Waals surface area (Å²) in [6.45, 7) is 1.57. The molecular weight excluding hydrogens is 216 g/mol. The monoisotopic (exact) mass is 225 g/mol. The van der Waals surface area contributed by atoms with Crippen LogP contribution in [0, 0.1) is 18.3 Å². The third kappa shape index (κ3) is 2.16. The predicted molar refractivity (Wildman–Crippen MR) is 52.2 cm³/mol. The highest BCUT2D eigenvalue weighted by Crippen LogP contribution is 2.26. The number of benzene rings is 1. The maximum atomic E-state index is 12.7. The number of halogens is 2. The van der Waals surface area contributed by atoms with E-state index in [0.717, 1.165) is 13.2 Å². The van der Waals surface area contributed by atoms with E-state index in [0.29, 0.717) is 5.56 Å². The summed E-state index contributed by atoms with van der Waals surface area (Å²) in [7, 11) is 1.12. The number of carbonyl (C=O) groups excluding carboxylic acids is 1. The largest absolute Gasteiger partial charge is 0.465 e. The summed E-state index contributed by atoms with van der Waals surface area (Å²) in [5.41, 5.74) is -0.0850. The molecule has 0 unspecified atom stereocenters. The molecule has 1 aromatic rings. The molecule has 1 aromatic carbocycles. The Morgan fingerprint density at radius 1 is 1.50 bits per heavy atom. The molecule has 0 aliphatic carbocycles. The third-order valence-corrected chi connectivity index (χ3v) is 2.16. The molecule has 1 rings (SSSR count). The molecule has 0 aromatic heterocycles. The van der Waals surface area contributed by atoms with Gasteiger partial charge >= 0.3 is 5.97 Å². The molecule has 3 nitrogen and oxygen atoms in total. The number of hydrogen-bond acceptors (Lipinski definition) is 3. The molecule has 0 atom stereocenters. The Balaban J connectivity index is 3.43. The Hall–Kier alpha value is -1.96. The summed E-state index contributed by atoms with van der Waals surface area (Å²) in [5, 5.41) is 8.70. The number of hydrogen-bond donors (Lipinski definition) is 0. The highest BCUT2D eigenvalue weighted by atomic mass is 19.3. The fourth-order valence-corrected chi connectivity index (χ4v) is 1.31. The molecule has 0 aliphatic heterocycles. The zero-order valence-electron chi connectivity index (χ0n) is 8.75. The molecule has 0 saturated carbocycles. The number of esters is 1. The molecule has 5 heteroatoms. The van der Waals surface area contributed by atoms with Gasteiger partial charge in [-0.15, -0.1) is 0 Å². The molecule has 16 heavy (non-hydrogen) atoms. The predicted octanol–water partition coefficient (Wildman–Crippen LogP) is 2.59. The summed E-state index contributed by atoms with van der Waals surface area (Å²) >= 11 is 0. The van der Waals surface area contributed by atoms with Crippen LogP contribution in [0.15, 0.2) is 12.1 Å². The van der Waals surface area contributed by atoms with Crippen LogP contribution in [0.3, 0.4) is 0 Å². The van der Waals surface area contributed by atoms with Crippen LogP contribution >= 0.6 is 0 Å². The van der Waals surface area contributed by atoms with Gasteiger partial charge in [0.2, 0.25) is 0 Å². The van der Waals surface area contributed by atoms with Crippen LogP contribution in [-0.4, -0.2) is 13.1 Å². The van der Waals surface area contributed by atoms with E-state index in [1.54, 1.807) is 13.0 Å². The lowest BCUT2D eigenvalue weighted by atomic mass is 10.00.